The van der Waals surface area contributed by atoms with E-state index < -0.39 is 0 Å². The summed E-state index contributed by atoms with van der Waals surface area (Å²) in [6.07, 6.45) is 14.2. The number of rotatable bonds is 7. The van der Waals surface area contributed by atoms with E-state index in [1.165, 1.54) is 57.1 Å². The molecule has 1 heterocycles. The highest BCUT2D eigenvalue weighted by molar-refractivity contribution is 5.02. The predicted molar refractivity (Wildman–Crippen MR) is 82.9 cm³/mol. The van der Waals surface area contributed by atoms with E-state index in [2.05, 4.69) is 29.2 Å². The standard InChI is InChI=1S/C17H29N3/c1-2-14(13-18-15-8-9-15)12-16-10-11-20(19-16)17-6-4-3-5-7-17/h10-11,14-15,17-18H,2-9,12-13H2,1H3. The van der Waals surface area contributed by atoms with Crippen LogP contribution in [-0.4, -0.2) is 22.4 Å². The van der Waals surface area contributed by atoms with Gasteiger partial charge in [-0.05, 0) is 50.6 Å². The van der Waals surface area contributed by atoms with Crippen molar-refractivity contribution in [1.82, 2.24) is 15.1 Å². The van der Waals surface area contributed by atoms with Gasteiger partial charge in [-0.2, -0.15) is 5.10 Å². The Bertz CT molecular complexity index is 402. The number of aromatic nitrogens is 2. The van der Waals surface area contributed by atoms with Gasteiger partial charge in [0.15, 0.2) is 0 Å². The summed E-state index contributed by atoms with van der Waals surface area (Å²) >= 11 is 0. The molecular weight excluding hydrogens is 246 g/mol. The topological polar surface area (TPSA) is 29.9 Å². The summed E-state index contributed by atoms with van der Waals surface area (Å²) < 4.78 is 2.25. The van der Waals surface area contributed by atoms with Crippen LogP contribution in [0.2, 0.25) is 0 Å². The lowest BCUT2D eigenvalue weighted by atomic mass is 9.96. The second kappa shape index (κ2) is 6.75. The van der Waals surface area contributed by atoms with Crippen molar-refractivity contribution in [1.29, 1.82) is 0 Å². The Labute approximate surface area is 123 Å². The van der Waals surface area contributed by atoms with E-state index in [0.717, 1.165) is 24.9 Å². The molecule has 1 atom stereocenters. The molecular formula is C17H29N3. The van der Waals surface area contributed by atoms with Crippen molar-refractivity contribution in [2.45, 2.75) is 76.8 Å². The highest BCUT2D eigenvalue weighted by Gasteiger charge is 2.22. The minimum Gasteiger partial charge on any atom is -0.314 e. The lowest BCUT2D eigenvalue weighted by Crippen LogP contribution is -2.25. The zero-order valence-corrected chi connectivity index (χ0v) is 12.9. The highest BCUT2D eigenvalue weighted by Crippen LogP contribution is 2.27. The average Bonchev–Trinajstić information content (AvgIpc) is 3.21. The van der Waals surface area contributed by atoms with Gasteiger partial charge in [-0.3, -0.25) is 4.68 Å². The van der Waals surface area contributed by atoms with E-state index in [1.54, 1.807) is 0 Å². The van der Waals surface area contributed by atoms with Crippen LogP contribution in [0.25, 0.3) is 0 Å². The van der Waals surface area contributed by atoms with Crippen LogP contribution in [0.5, 0.6) is 0 Å². The Hall–Kier alpha value is -0.830. The van der Waals surface area contributed by atoms with E-state index in [0.29, 0.717) is 6.04 Å². The van der Waals surface area contributed by atoms with Crippen LogP contribution in [-0.2, 0) is 6.42 Å². The van der Waals surface area contributed by atoms with Crippen molar-refractivity contribution in [3.05, 3.63) is 18.0 Å². The molecule has 0 aliphatic heterocycles. The van der Waals surface area contributed by atoms with Crippen LogP contribution in [0.1, 0.15) is 70.0 Å². The largest absolute Gasteiger partial charge is 0.314 e. The average molecular weight is 275 g/mol. The molecule has 0 bridgehead atoms. The van der Waals surface area contributed by atoms with Crippen molar-refractivity contribution < 1.29 is 0 Å². The Morgan fingerprint density at radius 1 is 1.25 bits per heavy atom. The van der Waals surface area contributed by atoms with E-state index >= 15 is 0 Å². The molecule has 112 valence electrons. The summed E-state index contributed by atoms with van der Waals surface area (Å²) in [5, 5.41) is 8.52. The number of nitrogens with one attached hydrogen (secondary N) is 1. The molecule has 0 amide bonds. The summed E-state index contributed by atoms with van der Waals surface area (Å²) in [6.45, 7) is 3.47. The Balaban J connectivity index is 1.51. The van der Waals surface area contributed by atoms with E-state index in [4.69, 9.17) is 5.10 Å². The maximum Gasteiger partial charge on any atom is 0.0627 e. The molecule has 2 fully saturated rings. The van der Waals surface area contributed by atoms with Gasteiger partial charge in [-0.15, -0.1) is 0 Å². The van der Waals surface area contributed by atoms with Crippen LogP contribution >= 0.6 is 0 Å². The number of hydrogen-bond acceptors (Lipinski definition) is 2. The number of hydrogen-bond donors (Lipinski definition) is 1. The Kier molecular flexibility index (Phi) is 4.77. The molecule has 3 rings (SSSR count). The van der Waals surface area contributed by atoms with Gasteiger partial charge in [0.05, 0.1) is 11.7 Å². The molecule has 1 aromatic rings. The summed E-state index contributed by atoms with van der Waals surface area (Å²) in [4.78, 5) is 0. The van der Waals surface area contributed by atoms with Crippen molar-refractivity contribution in [2.24, 2.45) is 5.92 Å². The van der Waals surface area contributed by atoms with Gasteiger partial charge < -0.3 is 5.32 Å². The maximum absolute atomic E-state index is 4.85. The molecule has 0 saturated heterocycles. The smallest absolute Gasteiger partial charge is 0.0627 e. The van der Waals surface area contributed by atoms with Crippen LogP contribution in [0, 0.1) is 5.92 Å². The first kappa shape index (κ1) is 14.1. The molecule has 1 N–H and O–H groups in total. The number of nitrogens with zero attached hydrogens (tertiary/aromatic N) is 2. The second-order valence-electron chi connectivity index (χ2n) is 6.74. The van der Waals surface area contributed by atoms with Crippen molar-refractivity contribution in [2.75, 3.05) is 6.54 Å². The zero-order chi connectivity index (χ0) is 13.8. The Morgan fingerprint density at radius 3 is 2.75 bits per heavy atom. The molecule has 1 unspecified atom stereocenters. The quantitative estimate of drug-likeness (QED) is 0.822. The van der Waals surface area contributed by atoms with Crippen LogP contribution in [0.4, 0.5) is 0 Å². The van der Waals surface area contributed by atoms with Crippen LogP contribution in [0.3, 0.4) is 0 Å². The first-order valence-electron chi connectivity index (χ1n) is 8.62. The Morgan fingerprint density at radius 2 is 2.05 bits per heavy atom. The summed E-state index contributed by atoms with van der Waals surface area (Å²) in [6, 6.07) is 3.74. The molecule has 0 spiro atoms. The minimum atomic E-state index is 0.669. The van der Waals surface area contributed by atoms with Crippen LogP contribution in [0.15, 0.2) is 12.3 Å². The van der Waals surface area contributed by atoms with Crippen molar-refractivity contribution >= 4 is 0 Å². The van der Waals surface area contributed by atoms with Gasteiger partial charge in [-0.25, -0.2) is 0 Å². The normalized spacial score (nSPS) is 22.1. The predicted octanol–water partition coefficient (Wildman–Crippen LogP) is 3.71. The van der Waals surface area contributed by atoms with E-state index in [-0.39, 0.29) is 0 Å². The summed E-state index contributed by atoms with van der Waals surface area (Å²) in [5.74, 6) is 0.741. The van der Waals surface area contributed by atoms with Gasteiger partial charge in [-0.1, -0.05) is 32.6 Å². The highest BCUT2D eigenvalue weighted by atomic mass is 15.3. The second-order valence-corrected chi connectivity index (χ2v) is 6.74. The third-order valence-electron chi connectivity index (χ3n) is 4.96. The molecule has 20 heavy (non-hydrogen) atoms. The SMILES string of the molecule is CCC(CNC1CC1)Cc1ccn(C2CCCCC2)n1. The maximum atomic E-state index is 4.85. The molecule has 2 saturated carbocycles. The monoisotopic (exact) mass is 275 g/mol. The van der Waals surface area contributed by atoms with Crippen molar-refractivity contribution in [3.63, 3.8) is 0 Å². The molecule has 0 aromatic carbocycles. The first-order valence-corrected chi connectivity index (χ1v) is 8.62. The summed E-state index contributed by atoms with van der Waals surface area (Å²) in [7, 11) is 0. The lowest BCUT2D eigenvalue weighted by Gasteiger charge is -2.22. The van der Waals surface area contributed by atoms with E-state index in [9.17, 15) is 0 Å². The molecule has 3 heteroatoms. The van der Waals surface area contributed by atoms with Gasteiger partial charge >= 0.3 is 0 Å². The van der Waals surface area contributed by atoms with Gasteiger partial charge in [0.25, 0.3) is 0 Å². The molecule has 2 aliphatic rings. The van der Waals surface area contributed by atoms with Crippen LogP contribution < -0.4 is 5.32 Å². The molecule has 3 nitrogen and oxygen atoms in total. The zero-order valence-electron chi connectivity index (χ0n) is 12.9. The summed E-state index contributed by atoms with van der Waals surface area (Å²) in [5.41, 5.74) is 1.29. The fourth-order valence-electron chi connectivity index (χ4n) is 3.31. The van der Waals surface area contributed by atoms with Gasteiger partial charge in [0, 0.05) is 12.2 Å². The molecule has 0 radical (unpaired) electrons. The third-order valence-corrected chi connectivity index (χ3v) is 4.96. The molecule has 1 aromatic heterocycles. The van der Waals surface area contributed by atoms with Gasteiger partial charge in [0.1, 0.15) is 0 Å². The fourth-order valence-corrected chi connectivity index (χ4v) is 3.31. The molecule has 2 aliphatic carbocycles. The van der Waals surface area contributed by atoms with Crippen molar-refractivity contribution in [3.8, 4) is 0 Å². The lowest BCUT2D eigenvalue weighted by molar-refractivity contribution is 0.327. The fraction of sp³-hybridized carbons (Fsp3) is 0.824. The first-order chi connectivity index (χ1) is 9.85. The van der Waals surface area contributed by atoms with E-state index in [1.807, 2.05) is 0 Å². The third kappa shape index (κ3) is 3.85. The van der Waals surface area contributed by atoms with Gasteiger partial charge in [0.2, 0.25) is 0 Å². The minimum absolute atomic E-state index is 0.669.